The highest BCUT2D eigenvalue weighted by molar-refractivity contribution is 4.78. The number of nitrogens with zero attached hydrogens (tertiary/aromatic N) is 2. The van der Waals surface area contributed by atoms with Gasteiger partial charge in [0.2, 0.25) is 0 Å². The third-order valence-corrected chi connectivity index (χ3v) is 1.23. The van der Waals surface area contributed by atoms with Gasteiger partial charge in [-0.05, 0) is 0 Å². The van der Waals surface area contributed by atoms with Gasteiger partial charge in [-0.25, -0.2) is 0 Å². The molecule has 0 radical (unpaired) electrons. The Bertz CT molecular complexity index is 130. The van der Waals surface area contributed by atoms with Crippen LogP contribution in [-0.2, 0) is 4.74 Å². The van der Waals surface area contributed by atoms with Crippen molar-refractivity contribution in [3.8, 4) is 6.07 Å². The molecule has 0 bridgehead atoms. The molecule has 0 aromatic rings. The fourth-order valence-electron chi connectivity index (χ4n) is 0.795. The molecule has 0 aliphatic carbocycles. The minimum Gasteiger partial charge on any atom is -0.377 e. The smallest absolute Gasteiger partial charge is 0.315 e. The summed E-state index contributed by atoms with van der Waals surface area (Å²) in [6, 6.07) is 2.73. The van der Waals surface area contributed by atoms with E-state index in [0.717, 1.165) is 26.3 Å². The lowest BCUT2D eigenvalue weighted by Crippen LogP contribution is -2.30. The first kappa shape index (κ1) is 6.37. The second-order valence-electron chi connectivity index (χ2n) is 1.89. The standard InChI is InChI=1S/C6H11N2O/c1-2-7-8-3-5-9-6-4-8/h3-6H2,1H3/q+1. The quantitative estimate of drug-likeness (QED) is 0.473. The molecule has 0 aromatic heterocycles. The molecule has 1 heterocycles. The Hall–Kier alpha value is -0.750. The van der Waals surface area contributed by atoms with Gasteiger partial charge in [0.1, 0.15) is 13.1 Å². The van der Waals surface area contributed by atoms with Crippen LogP contribution in [-0.4, -0.2) is 31.3 Å². The Morgan fingerprint density at radius 3 is 2.67 bits per heavy atom. The molecule has 1 saturated heterocycles. The van der Waals surface area contributed by atoms with Crippen molar-refractivity contribution in [1.82, 2.24) is 5.01 Å². The largest absolute Gasteiger partial charge is 0.377 e. The van der Waals surface area contributed by atoms with E-state index in [0.29, 0.717) is 0 Å². The molecular weight excluding hydrogens is 116 g/mol. The SMILES string of the molecule is CC#[N+]N1CCOCC1. The van der Waals surface area contributed by atoms with Crippen LogP contribution >= 0.6 is 0 Å². The van der Waals surface area contributed by atoms with Crippen molar-refractivity contribution in [2.45, 2.75) is 6.92 Å². The Labute approximate surface area is 55.0 Å². The van der Waals surface area contributed by atoms with Crippen LogP contribution in [0.2, 0.25) is 0 Å². The van der Waals surface area contributed by atoms with Crippen LogP contribution in [0.4, 0.5) is 0 Å². The van der Waals surface area contributed by atoms with E-state index >= 15 is 0 Å². The molecule has 0 N–H and O–H groups in total. The molecule has 1 aliphatic rings. The summed E-state index contributed by atoms with van der Waals surface area (Å²) in [5.74, 6) is 0. The minimum atomic E-state index is 0.797. The highest BCUT2D eigenvalue weighted by Gasteiger charge is 2.13. The lowest BCUT2D eigenvalue weighted by Gasteiger charge is -2.12. The molecule has 0 aromatic carbocycles. The van der Waals surface area contributed by atoms with E-state index in [1.54, 1.807) is 6.92 Å². The van der Waals surface area contributed by atoms with Crippen molar-refractivity contribution in [1.29, 1.82) is 0 Å². The molecule has 1 aliphatic heterocycles. The molecule has 0 amide bonds. The third kappa shape index (κ3) is 1.90. The minimum absolute atomic E-state index is 0.797. The third-order valence-electron chi connectivity index (χ3n) is 1.23. The maximum absolute atomic E-state index is 5.12. The van der Waals surface area contributed by atoms with Crippen LogP contribution in [0.25, 0.3) is 4.95 Å². The zero-order valence-electron chi connectivity index (χ0n) is 5.63. The molecule has 0 saturated carbocycles. The van der Waals surface area contributed by atoms with Gasteiger partial charge in [0.05, 0.1) is 25.1 Å². The monoisotopic (exact) mass is 127 g/mol. The summed E-state index contributed by atoms with van der Waals surface area (Å²) in [5, 5.41) is 1.96. The van der Waals surface area contributed by atoms with Crippen molar-refractivity contribution in [2.75, 3.05) is 26.3 Å². The number of hydrogen-bond donors (Lipinski definition) is 0. The maximum atomic E-state index is 5.12. The van der Waals surface area contributed by atoms with Crippen LogP contribution in [0, 0.1) is 6.07 Å². The highest BCUT2D eigenvalue weighted by atomic mass is 16.5. The van der Waals surface area contributed by atoms with E-state index in [-0.39, 0.29) is 0 Å². The van der Waals surface area contributed by atoms with Gasteiger partial charge in [0.25, 0.3) is 0 Å². The second kappa shape index (κ2) is 3.31. The Morgan fingerprint density at radius 1 is 1.44 bits per heavy atom. The summed E-state index contributed by atoms with van der Waals surface area (Å²) in [5.41, 5.74) is 0. The Balaban J connectivity index is 2.28. The number of rotatable bonds is 0. The van der Waals surface area contributed by atoms with E-state index in [1.165, 1.54) is 0 Å². The van der Waals surface area contributed by atoms with E-state index in [1.807, 2.05) is 5.01 Å². The van der Waals surface area contributed by atoms with Crippen LogP contribution < -0.4 is 0 Å². The van der Waals surface area contributed by atoms with Crippen molar-refractivity contribution in [2.24, 2.45) is 0 Å². The normalized spacial score (nSPS) is 18.6. The van der Waals surface area contributed by atoms with E-state index < -0.39 is 0 Å². The maximum Gasteiger partial charge on any atom is 0.315 e. The Kier molecular flexibility index (Phi) is 2.34. The van der Waals surface area contributed by atoms with Crippen LogP contribution in [0.15, 0.2) is 0 Å². The molecule has 1 rings (SSSR count). The molecule has 50 valence electrons. The first-order valence-electron chi connectivity index (χ1n) is 3.13. The fraction of sp³-hybridized carbons (Fsp3) is 0.833. The summed E-state index contributed by atoms with van der Waals surface area (Å²) in [4.78, 5) is 3.99. The number of morpholine rings is 1. The summed E-state index contributed by atoms with van der Waals surface area (Å²) in [6.45, 7) is 5.20. The van der Waals surface area contributed by atoms with Gasteiger partial charge in [-0.1, -0.05) is 5.01 Å². The first-order chi connectivity index (χ1) is 4.43. The fourth-order valence-corrected chi connectivity index (χ4v) is 0.795. The predicted octanol–water partition coefficient (Wildman–Crippen LogP) is 0.586. The second-order valence-corrected chi connectivity index (χ2v) is 1.89. The molecule has 1 fully saturated rings. The zero-order chi connectivity index (χ0) is 6.53. The van der Waals surface area contributed by atoms with E-state index in [9.17, 15) is 0 Å². The molecule has 3 nitrogen and oxygen atoms in total. The Morgan fingerprint density at radius 2 is 2.11 bits per heavy atom. The molecule has 9 heavy (non-hydrogen) atoms. The number of hydrogen-bond acceptors (Lipinski definition) is 2. The van der Waals surface area contributed by atoms with Gasteiger partial charge in [0.15, 0.2) is 0 Å². The topological polar surface area (TPSA) is 16.8 Å². The van der Waals surface area contributed by atoms with Gasteiger partial charge in [-0.3, -0.25) is 0 Å². The molecule has 0 unspecified atom stereocenters. The molecule has 3 heteroatoms. The van der Waals surface area contributed by atoms with Crippen molar-refractivity contribution in [3.63, 3.8) is 0 Å². The number of ether oxygens (including phenoxy) is 1. The van der Waals surface area contributed by atoms with Crippen LogP contribution in [0.1, 0.15) is 6.92 Å². The zero-order valence-corrected chi connectivity index (χ0v) is 5.63. The molecule has 0 atom stereocenters. The highest BCUT2D eigenvalue weighted by Crippen LogP contribution is 1.95. The van der Waals surface area contributed by atoms with Crippen molar-refractivity contribution in [3.05, 3.63) is 4.95 Å². The summed E-state index contributed by atoms with van der Waals surface area (Å²) < 4.78 is 5.12. The summed E-state index contributed by atoms with van der Waals surface area (Å²) in [7, 11) is 0. The van der Waals surface area contributed by atoms with E-state index in [2.05, 4.69) is 11.0 Å². The molecular formula is C6H11N2O+. The van der Waals surface area contributed by atoms with Gasteiger partial charge in [0, 0.05) is 0 Å². The van der Waals surface area contributed by atoms with Gasteiger partial charge in [-0.15, -0.1) is 0 Å². The van der Waals surface area contributed by atoms with Crippen molar-refractivity contribution >= 4 is 0 Å². The van der Waals surface area contributed by atoms with Gasteiger partial charge in [-0.2, -0.15) is 0 Å². The summed E-state index contributed by atoms with van der Waals surface area (Å²) >= 11 is 0. The van der Waals surface area contributed by atoms with E-state index in [4.69, 9.17) is 4.74 Å². The first-order valence-corrected chi connectivity index (χ1v) is 3.13. The van der Waals surface area contributed by atoms with Crippen molar-refractivity contribution < 1.29 is 4.74 Å². The van der Waals surface area contributed by atoms with Gasteiger partial charge >= 0.3 is 6.07 Å². The molecule has 0 spiro atoms. The van der Waals surface area contributed by atoms with Crippen LogP contribution in [0.5, 0.6) is 0 Å². The average Bonchev–Trinajstić information content (AvgIpc) is 1.91. The average molecular weight is 127 g/mol. The van der Waals surface area contributed by atoms with Crippen LogP contribution in [0.3, 0.4) is 0 Å². The lowest BCUT2D eigenvalue weighted by atomic mass is 10.5. The van der Waals surface area contributed by atoms with Gasteiger partial charge < -0.3 is 4.74 Å². The summed E-state index contributed by atoms with van der Waals surface area (Å²) in [6.07, 6.45) is 0. The predicted molar refractivity (Wildman–Crippen MR) is 35.3 cm³/mol. The lowest BCUT2D eigenvalue weighted by molar-refractivity contribution is 0.0583.